The summed E-state index contributed by atoms with van der Waals surface area (Å²) in [4.78, 5) is 28.8. The molecule has 5 rings (SSSR count). The summed E-state index contributed by atoms with van der Waals surface area (Å²) in [6, 6.07) is 14.3. The summed E-state index contributed by atoms with van der Waals surface area (Å²) in [5.74, 6) is -0.381. The molecule has 0 saturated heterocycles. The van der Waals surface area contributed by atoms with E-state index in [1.807, 2.05) is 6.07 Å². The number of carbonyl (C=O) groups excluding carboxylic acids is 1. The minimum absolute atomic E-state index is 0.0389. The number of phenolic OH excluding ortho intramolecular Hbond substituents is 1. The Bertz CT molecular complexity index is 1520. The molecule has 0 fully saturated rings. The quantitative estimate of drug-likeness (QED) is 0.297. The molecule has 0 spiro atoms. The van der Waals surface area contributed by atoms with Gasteiger partial charge in [-0.2, -0.15) is 0 Å². The summed E-state index contributed by atoms with van der Waals surface area (Å²) in [5.41, 5.74) is 1.23. The molecule has 3 aromatic carbocycles. The van der Waals surface area contributed by atoms with Crippen LogP contribution in [-0.2, 0) is 0 Å². The molecule has 0 aliphatic carbocycles. The van der Waals surface area contributed by atoms with Crippen molar-refractivity contribution in [3.8, 4) is 11.5 Å². The number of benzene rings is 3. The van der Waals surface area contributed by atoms with Crippen LogP contribution in [0.2, 0.25) is 5.02 Å². The maximum atomic E-state index is 13.7. The van der Waals surface area contributed by atoms with Crippen molar-refractivity contribution < 1.29 is 19.1 Å². The Morgan fingerprint density at radius 2 is 1.88 bits per heavy atom. The molecule has 0 saturated carbocycles. The summed E-state index contributed by atoms with van der Waals surface area (Å²) in [6.45, 7) is 0. The number of aromatic hydroxyl groups is 1. The molecule has 33 heavy (non-hydrogen) atoms. The van der Waals surface area contributed by atoms with Gasteiger partial charge in [0.25, 0.3) is 5.91 Å². The number of amides is 1. The van der Waals surface area contributed by atoms with Crippen LogP contribution in [0.5, 0.6) is 11.5 Å². The second-order valence-electron chi connectivity index (χ2n) is 7.43. The number of ether oxygens (including phenoxy) is 1. The molecular formula is C24H14Br2ClNO5. The summed E-state index contributed by atoms with van der Waals surface area (Å²) < 4.78 is 12.4. The van der Waals surface area contributed by atoms with Gasteiger partial charge in [0, 0.05) is 15.2 Å². The van der Waals surface area contributed by atoms with Gasteiger partial charge in [0.15, 0.2) is 16.9 Å². The van der Waals surface area contributed by atoms with Crippen molar-refractivity contribution in [2.75, 3.05) is 12.0 Å². The van der Waals surface area contributed by atoms with Crippen molar-refractivity contribution in [3.05, 3.63) is 95.7 Å². The number of hydrogen-bond acceptors (Lipinski definition) is 5. The Morgan fingerprint density at radius 1 is 1.09 bits per heavy atom. The van der Waals surface area contributed by atoms with Gasteiger partial charge in [-0.3, -0.25) is 14.5 Å². The number of rotatable bonds is 3. The first kappa shape index (κ1) is 22.0. The molecule has 9 heteroatoms. The Morgan fingerprint density at radius 3 is 2.61 bits per heavy atom. The zero-order valence-electron chi connectivity index (χ0n) is 16.9. The maximum Gasteiger partial charge on any atom is 0.295 e. The molecule has 166 valence electrons. The summed E-state index contributed by atoms with van der Waals surface area (Å²) in [7, 11) is 1.43. The normalized spacial score (nSPS) is 15.2. The Kier molecular flexibility index (Phi) is 5.47. The highest BCUT2D eigenvalue weighted by molar-refractivity contribution is 9.10. The first-order valence-corrected chi connectivity index (χ1v) is 11.7. The molecule has 1 aliphatic rings. The zero-order chi connectivity index (χ0) is 23.4. The van der Waals surface area contributed by atoms with Crippen LogP contribution in [0, 0.1) is 0 Å². The third kappa shape index (κ3) is 3.53. The zero-order valence-corrected chi connectivity index (χ0v) is 20.9. The van der Waals surface area contributed by atoms with E-state index in [0.717, 1.165) is 4.47 Å². The molecule has 1 aliphatic heterocycles. The number of halogens is 3. The molecule has 1 aromatic heterocycles. The van der Waals surface area contributed by atoms with Crippen molar-refractivity contribution in [3.63, 3.8) is 0 Å². The van der Waals surface area contributed by atoms with Gasteiger partial charge in [-0.1, -0.05) is 33.6 Å². The topological polar surface area (TPSA) is 80.0 Å². The van der Waals surface area contributed by atoms with E-state index in [1.165, 1.54) is 18.1 Å². The molecule has 1 amide bonds. The van der Waals surface area contributed by atoms with Crippen LogP contribution >= 0.6 is 43.5 Å². The fourth-order valence-corrected chi connectivity index (χ4v) is 5.08. The van der Waals surface area contributed by atoms with Crippen LogP contribution in [0.15, 0.2) is 72.8 Å². The van der Waals surface area contributed by atoms with E-state index >= 15 is 0 Å². The van der Waals surface area contributed by atoms with Gasteiger partial charge in [0.05, 0.1) is 28.6 Å². The first-order valence-electron chi connectivity index (χ1n) is 9.72. The molecule has 1 unspecified atom stereocenters. The average molecular weight is 592 g/mol. The Labute approximate surface area is 209 Å². The van der Waals surface area contributed by atoms with Gasteiger partial charge < -0.3 is 14.3 Å². The third-order valence-electron chi connectivity index (χ3n) is 5.50. The molecule has 0 bridgehead atoms. The number of phenols is 1. The Hall–Kier alpha value is -2.81. The monoisotopic (exact) mass is 589 g/mol. The highest BCUT2D eigenvalue weighted by atomic mass is 79.9. The van der Waals surface area contributed by atoms with Crippen molar-refractivity contribution in [1.82, 2.24) is 0 Å². The van der Waals surface area contributed by atoms with E-state index in [9.17, 15) is 14.7 Å². The van der Waals surface area contributed by atoms with Crippen molar-refractivity contribution in [1.29, 1.82) is 0 Å². The maximum absolute atomic E-state index is 13.7. The van der Waals surface area contributed by atoms with Crippen molar-refractivity contribution >= 4 is 66.0 Å². The summed E-state index contributed by atoms with van der Waals surface area (Å²) >= 11 is 12.9. The highest BCUT2D eigenvalue weighted by Crippen LogP contribution is 2.45. The van der Waals surface area contributed by atoms with E-state index < -0.39 is 11.9 Å². The SMILES string of the molecule is COc1cc(C2c3c(oc4ccc(Cl)cc4c3=O)C(=O)N2c2cccc(Br)c2)cc(Br)c1O. The van der Waals surface area contributed by atoms with Crippen LogP contribution in [-0.4, -0.2) is 18.1 Å². The fourth-order valence-electron chi connectivity index (χ4n) is 4.06. The van der Waals surface area contributed by atoms with Gasteiger partial charge in [-0.05, 0) is 70.0 Å². The van der Waals surface area contributed by atoms with E-state index in [1.54, 1.807) is 42.5 Å². The number of methoxy groups -OCH3 is 1. The van der Waals surface area contributed by atoms with Crippen LogP contribution < -0.4 is 15.1 Å². The molecule has 1 atom stereocenters. The van der Waals surface area contributed by atoms with E-state index in [2.05, 4.69) is 31.9 Å². The lowest BCUT2D eigenvalue weighted by molar-refractivity contribution is 0.0971. The standard InChI is InChI=1S/C24H14Br2ClNO5/c1-32-18-8-11(7-16(26)22(18)30)20-19-21(29)15-10-13(27)5-6-17(15)33-23(19)24(31)28(20)14-4-2-3-12(25)9-14/h2-10,20,30H,1H3. The van der Waals surface area contributed by atoms with Crippen LogP contribution in [0.25, 0.3) is 11.0 Å². The number of nitrogens with zero attached hydrogens (tertiary/aromatic N) is 1. The van der Waals surface area contributed by atoms with Gasteiger partial charge in [-0.15, -0.1) is 0 Å². The lowest BCUT2D eigenvalue weighted by Crippen LogP contribution is -2.29. The molecule has 1 N–H and O–H groups in total. The number of fused-ring (bicyclic) bond motifs is 2. The van der Waals surface area contributed by atoms with Gasteiger partial charge >= 0.3 is 0 Å². The summed E-state index contributed by atoms with van der Waals surface area (Å²) in [6.07, 6.45) is 0. The van der Waals surface area contributed by atoms with Crippen molar-refractivity contribution in [2.45, 2.75) is 6.04 Å². The van der Waals surface area contributed by atoms with E-state index in [-0.39, 0.29) is 39.2 Å². The van der Waals surface area contributed by atoms with Gasteiger partial charge in [0.1, 0.15) is 5.58 Å². The second-order valence-corrected chi connectivity index (χ2v) is 9.63. The lowest BCUT2D eigenvalue weighted by Gasteiger charge is -2.26. The van der Waals surface area contributed by atoms with Gasteiger partial charge in [-0.25, -0.2) is 0 Å². The largest absolute Gasteiger partial charge is 0.503 e. The molecular weight excluding hydrogens is 578 g/mol. The van der Waals surface area contributed by atoms with Crippen LogP contribution in [0.1, 0.15) is 27.7 Å². The fraction of sp³-hybridized carbons (Fsp3) is 0.0833. The predicted molar refractivity (Wildman–Crippen MR) is 133 cm³/mol. The Balaban J connectivity index is 1.85. The van der Waals surface area contributed by atoms with Gasteiger partial charge in [0.2, 0.25) is 5.76 Å². The highest BCUT2D eigenvalue weighted by Gasteiger charge is 2.44. The molecule has 2 heterocycles. The average Bonchev–Trinajstić information content (AvgIpc) is 3.08. The lowest BCUT2D eigenvalue weighted by atomic mass is 9.97. The molecule has 6 nitrogen and oxygen atoms in total. The first-order chi connectivity index (χ1) is 15.8. The minimum Gasteiger partial charge on any atom is -0.503 e. The van der Waals surface area contributed by atoms with Crippen LogP contribution in [0.4, 0.5) is 5.69 Å². The summed E-state index contributed by atoms with van der Waals surface area (Å²) in [5, 5.41) is 11.0. The second kappa shape index (κ2) is 8.20. The van der Waals surface area contributed by atoms with E-state index in [4.69, 9.17) is 20.8 Å². The number of hydrogen-bond donors (Lipinski definition) is 1. The predicted octanol–water partition coefficient (Wildman–Crippen LogP) is 6.44. The van der Waals surface area contributed by atoms with E-state index in [0.29, 0.717) is 20.7 Å². The third-order valence-corrected chi connectivity index (χ3v) is 6.84. The van der Waals surface area contributed by atoms with Crippen LogP contribution in [0.3, 0.4) is 0 Å². The minimum atomic E-state index is -0.827. The molecule has 0 radical (unpaired) electrons. The number of carbonyl (C=O) groups is 1. The molecule has 4 aromatic rings. The smallest absolute Gasteiger partial charge is 0.295 e. The van der Waals surface area contributed by atoms with Crippen molar-refractivity contribution in [2.24, 2.45) is 0 Å². The number of anilines is 1.